The molecule has 0 aromatic heterocycles. The molecule has 14 nitrogen and oxygen atoms in total. The molecule has 0 saturated carbocycles. The van der Waals surface area contributed by atoms with Gasteiger partial charge in [0, 0.05) is 59.7 Å². The van der Waals surface area contributed by atoms with Gasteiger partial charge < -0.3 is 28.7 Å². The summed E-state index contributed by atoms with van der Waals surface area (Å²) in [5.41, 5.74) is 10.7. The lowest BCUT2D eigenvalue weighted by atomic mass is 9.79. The van der Waals surface area contributed by atoms with E-state index in [4.69, 9.17) is 22.1 Å². The summed E-state index contributed by atoms with van der Waals surface area (Å²) in [5, 5.41) is 3.86. The summed E-state index contributed by atoms with van der Waals surface area (Å²) in [7, 11) is -7.77. The molecule has 0 radical (unpaired) electrons. The van der Waals surface area contributed by atoms with Crippen LogP contribution in [0.1, 0.15) is 86.3 Å². The van der Waals surface area contributed by atoms with Gasteiger partial charge in [0.1, 0.15) is 16.7 Å². The quantitative estimate of drug-likeness (QED) is 0.0509. The molecule has 0 bridgehead atoms. The molecule has 0 saturated heterocycles. The van der Waals surface area contributed by atoms with Crippen LogP contribution in [0.4, 0.5) is 22.7 Å². The Balaban J connectivity index is 0.000000747. The molecule has 0 amide bonds. The maximum absolute atomic E-state index is 12.1. The number of hydrogen-bond acceptors (Lipinski definition) is 13. The van der Waals surface area contributed by atoms with Gasteiger partial charge in [0.2, 0.25) is 5.69 Å². The molecular formula is C63H70N4O10S2. The Bertz CT molecular complexity index is 3590. The average Bonchev–Trinajstić information content (AvgIpc) is 4.24. The van der Waals surface area contributed by atoms with Crippen LogP contribution in [0.25, 0.3) is 21.5 Å². The fourth-order valence-corrected chi connectivity index (χ4v) is 11.7. The Morgan fingerprint density at radius 2 is 1.25 bits per heavy atom. The molecule has 0 fully saturated rings. The molecule has 0 atom stereocenters. The van der Waals surface area contributed by atoms with Crippen LogP contribution in [0.3, 0.4) is 0 Å². The number of esters is 2. The number of nitrogens with zero attached hydrogens (tertiary/aromatic N) is 4. The van der Waals surface area contributed by atoms with Gasteiger partial charge in [0.25, 0.3) is 0 Å². The molecule has 1 aliphatic carbocycles. The Kier molecular flexibility index (Phi) is 19.1. The van der Waals surface area contributed by atoms with Gasteiger partial charge in [-0.2, -0.15) is 4.58 Å². The summed E-state index contributed by atoms with van der Waals surface area (Å²) < 4.78 is 74.8. The highest BCUT2D eigenvalue weighted by Gasteiger charge is 2.46. The number of rotatable bonds is 16. The fraction of sp³-hybridized carbons (Fsp3) is 0.317. The highest BCUT2D eigenvalue weighted by atomic mass is 32.2. The second-order valence-corrected chi connectivity index (χ2v) is 22.2. The summed E-state index contributed by atoms with van der Waals surface area (Å²) in [6, 6.07) is 42.0. The van der Waals surface area contributed by atoms with Crippen molar-refractivity contribution in [1.29, 1.82) is 0 Å². The topological polar surface area (TPSA) is 174 Å². The monoisotopic (exact) mass is 1110 g/mol. The molecule has 16 heteroatoms. The molecule has 6 aromatic rings. The smallest absolute Gasteiger partial charge is 0.425 e. The lowest BCUT2D eigenvalue weighted by Gasteiger charge is -2.29. The van der Waals surface area contributed by atoms with E-state index >= 15 is 0 Å². The van der Waals surface area contributed by atoms with Crippen molar-refractivity contribution in [2.75, 3.05) is 55.7 Å². The van der Waals surface area contributed by atoms with Crippen LogP contribution in [0.5, 0.6) is 0 Å². The summed E-state index contributed by atoms with van der Waals surface area (Å²) in [4.78, 5) is 30.6. The number of hydrogen-bond donors (Lipinski definition) is 0. The molecule has 6 aromatic carbocycles. The van der Waals surface area contributed by atoms with E-state index in [0.717, 1.165) is 74.8 Å². The molecule has 414 valence electrons. The molecule has 0 unspecified atom stereocenters. The first-order chi connectivity index (χ1) is 37.6. The molecule has 2 aliphatic heterocycles. The normalized spacial score (nSPS) is 16.3. The van der Waals surface area contributed by atoms with Gasteiger partial charge in [-0.1, -0.05) is 120 Å². The molecular weight excluding hydrogens is 1040 g/mol. The Hall–Kier alpha value is -7.50. The summed E-state index contributed by atoms with van der Waals surface area (Å²) >= 11 is 0. The van der Waals surface area contributed by atoms with Gasteiger partial charge in [0.15, 0.2) is 18.9 Å². The van der Waals surface area contributed by atoms with E-state index in [1.54, 1.807) is 6.07 Å². The van der Waals surface area contributed by atoms with Crippen LogP contribution < -0.4 is 9.80 Å². The maximum atomic E-state index is 12.1. The number of carbonyl (C=O) groups is 2. The summed E-state index contributed by atoms with van der Waals surface area (Å²) in [6.45, 7) is 23.1. The molecule has 0 spiro atoms. The zero-order valence-electron chi connectivity index (χ0n) is 46.5. The first-order valence-corrected chi connectivity index (χ1v) is 29.0. The van der Waals surface area contributed by atoms with Crippen LogP contribution in [0, 0.1) is 0 Å². The van der Waals surface area contributed by atoms with Gasteiger partial charge in [-0.15, -0.1) is 12.6 Å². The second-order valence-electron chi connectivity index (χ2n) is 20.4. The predicted octanol–water partition coefficient (Wildman–Crippen LogP) is 11.8. The zero-order valence-corrected chi connectivity index (χ0v) is 48.1. The Morgan fingerprint density at radius 3 is 1.84 bits per heavy atom. The van der Waals surface area contributed by atoms with E-state index in [-0.39, 0.29) is 30.0 Å². The van der Waals surface area contributed by atoms with E-state index in [1.807, 2.05) is 24.3 Å². The SMILES string of the molecule is CC(=O)OCCN1/C(=C/C=C2\CCC(/C=C/C3=[N+](CCOC(C)=O)c4ccc5ccccc5c4C3(C)C)=C2N(c2ccccc2)c2ccccc2)C(C)(C)c2c1ccc1cc(S(=O)(=O)[O-])ccc21.CCN(CC)CC.O=S(=O)=O. The van der Waals surface area contributed by atoms with E-state index in [1.165, 1.54) is 62.0 Å². The van der Waals surface area contributed by atoms with Crippen LogP contribution in [0.2, 0.25) is 0 Å². The van der Waals surface area contributed by atoms with Crippen LogP contribution in [-0.2, 0) is 50.6 Å². The Labute approximate surface area is 466 Å². The third-order valence-electron chi connectivity index (χ3n) is 14.9. The molecule has 3 aliphatic rings. The minimum Gasteiger partial charge on any atom is -0.744 e. The van der Waals surface area contributed by atoms with Crippen LogP contribution >= 0.6 is 0 Å². The van der Waals surface area contributed by atoms with Crippen molar-refractivity contribution in [3.63, 3.8) is 0 Å². The largest absolute Gasteiger partial charge is 0.744 e. The van der Waals surface area contributed by atoms with Gasteiger partial charge >= 0.3 is 22.5 Å². The second kappa shape index (κ2) is 25.5. The highest BCUT2D eigenvalue weighted by Crippen LogP contribution is 2.52. The Morgan fingerprint density at radius 1 is 0.684 bits per heavy atom. The number of ether oxygens (including phenoxy) is 2. The lowest BCUT2D eigenvalue weighted by molar-refractivity contribution is -0.440. The molecule has 9 rings (SSSR count). The molecule has 79 heavy (non-hydrogen) atoms. The van der Waals surface area contributed by atoms with Crippen LogP contribution in [-0.4, -0.2) is 98.7 Å². The third-order valence-corrected chi connectivity index (χ3v) is 15.7. The maximum Gasteiger partial charge on any atom is 0.425 e. The molecule has 0 N–H and O–H groups in total. The van der Waals surface area contributed by atoms with Gasteiger partial charge in [-0.05, 0) is 139 Å². The van der Waals surface area contributed by atoms with Crippen LogP contribution in [0.15, 0.2) is 179 Å². The van der Waals surface area contributed by atoms with Crippen molar-refractivity contribution < 1.29 is 49.2 Å². The van der Waals surface area contributed by atoms with E-state index in [9.17, 15) is 22.6 Å². The lowest BCUT2D eigenvalue weighted by Crippen LogP contribution is -2.29. The number of para-hydroxylation sites is 2. The third kappa shape index (κ3) is 13.3. The van der Waals surface area contributed by atoms with Gasteiger partial charge in [-0.3, -0.25) is 9.59 Å². The van der Waals surface area contributed by atoms with Crippen molar-refractivity contribution in [3.05, 3.63) is 185 Å². The zero-order chi connectivity index (χ0) is 57.2. The van der Waals surface area contributed by atoms with Crippen molar-refractivity contribution in [2.45, 2.75) is 90.9 Å². The van der Waals surface area contributed by atoms with Crippen molar-refractivity contribution in [2.24, 2.45) is 0 Å². The number of benzene rings is 6. The van der Waals surface area contributed by atoms with E-state index in [0.29, 0.717) is 18.5 Å². The highest BCUT2D eigenvalue weighted by molar-refractivity contribution is 7.85. The summed E-state index contributed by atoms with van der Waals surface area (Å²) in [5.74, 6) is -0.678. The van der Waals surface area contributed by atoms with Crippen molar-refractivity contribution >= 4 is 82.7 Å². The van der Waals surface area contributed by atoms with Gasteiger partial charge in [-0.25, -0.2) is 8.42 Å². The standard InChI is InChI=1S/C57H55N3O7S.C6H15N.O3S/c1-38(61)66-35-33-58-49-29-23-40-15-13-14-20-47(40)53(49)56(3,4)51(58)31-25-41-21-22-42(55(41)60(44-16-9-7-10-17-44)45-18-11-8-12-19-45)26-32-52-57(5,6)54-48-28-27-46(68(63,64)65)37-43(48)24-30-50(54)59(52)34-36-67-39(2)62;1-4-7(5-2)6-3;1-4(2)3/h7-20,23-32,37H,21-22,33-36H2,1-6H3;4-6H2,1-3H3;. The number of carbonyl (C=O) groups excluding carboxylic acids is 2. The first kappa shape index (κ1) is 59.2. The number of fused-ring (bicyclic) bond motifs is 6. The summed E-state index contributed by atoms with van der Waals surface area (Å²) in [6.07, 6.45) is 10.5. The molecule has 2 heterocycles. The fourth-order valence-electron chi connectivity index (χ4n) is 11.2. The number of anilines is 3. The number of allylic oxidation sites excluding steroid dienone is 7. The van der Waals surface area contributed by atoms with E-state index < -0.39 is 31.6 Å². The minimum atomic E-state index is -4.66. The van der Waals surface area contributed by atoms with Gasteiger partial charge in [0.05, 0.1) is 22.6 Å². The predicted molar refractivity (Wildman–Crippen MR) is 312 cm³/mol. The average molecular weight is 1110 g/mol. The van der Waals surface area contributed by atoms with Crippen molar-refractivity contribution in [1.82, 2.24) is 4.90 Å². The minimum absolute atomic E-state index is 0.160. The first-order valence-electron chi connectivity index (χ1n) is 26.6. The van der Waals surface area contributed by atoms with Crippen molar-refractivity contribution in [3.8, 4) is 0 Å². The van der Waals surface area contributed by atoms with E-state index in [2.05, 4.69) is 177 Å².